The lowest BCUT2D eigenvalue weighted by Gasteiger charge is -2.39. The molecule has 26 heavy (non-hydrogen) atoms. The van der Waals surface area contributed by atoms with E-state index in [0.717, 1.165) is 6.42 Å². The molecule has 3 heterocycles. The van der Waals surface area contributed by atoms with Crippen LogP contribution in [-0.4, -0.2) is 45.6 Å². The van der Waals surface area contributed by atoms with Crippen molar-refractivity contribution >= 4 is 11.9 Å². The minimum Gasteiger partial charge on any atom is -0.497 e. The third-order valence-corrected chi connectivity index (χ3v) is 4.69. The second-order valence-electron chi connectivity index (χ2n) is 7.54. The van der Waals surface area contributed by atoms with Gasteiger partial charge in [0.05, 0.1) is 30.1 Å². The van der Waals surface area contributed by atoms with Crippen molar-refractivity contribution in [3.8, 4) is 11.4 Å². The molecule has 4 rings (SSSR count). The average molecular weight is 355 g/mol. The number of methoxy groups -OCH3 is 1. The number of ether oxygens (including phenoxy) is 2. The molecule has 0 spiro atoms. The average Bonchev–Trinajstić information content (AvgIpc) is 2.93. The lowest BCUT2D eigenvalue weighted by molar-refractivity contribution is 0.00537. The molecular formula is C19H21N3O4. The summed E-state index contributed by atoms with van der Waals surface area (Å²) in [5.74, 6) is 0.0848. The van der Waals surface area contributed by atoms with E-state index in [1.54, 1.807) is 30.5 Å². The molecule has 7 nitrogen and oxygen atoms in total. The number of imidazole rings is 1. The summed E-state index contributed by atoms with van der Waals surface area (Å²) >= 11 is 0. The smallest absolute Gasteiger partial charge is 0.359 e. The topological polar surface area (TPSA) is 73.7 Å². The summed E-state index contributed by atoms with van der Waals surface area (Å²) in [6.45, 7) is 6.11. The largest absolute Gasteiger partial charge is 0.497 e. The van der Waals surface area contributed by atoms with Crippen LogP contribution >= 0.6 is 0 Å². The monoisotopic (exact) mass is 355 g/mol. The number of hydrogen-bond donors (Lipinski definition) is 0. The van der Waals surface area contributed by atoms with Gasteiger partial charge in [-0.3, -0.25) is 9.36 Å². The van der Waals surface area contributed by atoms with Crippen molar-refractivity contribution in [3.05, 3.63) is 41.5 Å². The molecule has 1 saturated heterocycles. The lowest BCUT2D eigenvalue weighted by atomic mass is 9.97. The lowest BCUT2D eigenvalue weighted by Crippen LogP contribution is -2.45. The summed E-state index contributed by atoms with van der Waals surface area (Å²) < 4.78 is 12.6. The number of rotatable bonds is 2. The zero-order chi connectivity index (χ0) is 18.6. The first kappa shape index (κ1) is 16.6. The molecule has 1 amide bonds. The molecule has 2 aliphatic rings. The number of nitrogens with zero attached hydrogens (tertiary/aromatic N) is 3. The van der Waals surface area contributed by atoms with Crippen LogP contribution < -0.4 is 4.74 Å². The highest BCUT2D eigenvalue weighted by molar-refractivity contribution is 6.00. The Kier molecular flexibility index (Phi) is 3.57. The van der Waals surface area contributed by atoms with Crippen LogP contribution in [0.25, 0.3) is 5.69 Å². The van der Waals surface area contributed by atoms with Crippen molar-refractivity contribution in [2.45, 2.75) is 38.8 Å². The Morgan fingerprint density at radius 1 is 1.31 bits per heavy atom. The number of benzene rings is 1. The Hall–Kier alpha value is -2.83. The first-order valence-electron chi connectivity index (χ1n) is 8.60. The van der Waals surface area contributed by atoms with Gasteiger partial charge >= 0.3 is 5.97 Å². The minimum atomic E-state index is -0.612. The fraction of sp³-hybridized carbons (Fsp3) is 0.421. The van der Waals surface area contributed by atoms with Crippen LogP contribution in [0.15, 0.2) is 24.5 Å². The standard InChI is InChI=1S/C19H21N3O4/c1-19(2,3)26-18(24)15-16-14-7-8-21(14)17(23)12-9-11(25-4)5-6-13(12)22(16)10-20-15/h5-6,9-10,14H,7-8H2,1-4H3/t14-/m0/s1. The van der Waals surface area contributed by atoms with Gasteiger partial charge in [0.1, 0.15) is 17.7 Å². The first-order chi connectivity index (χ1) is 12.3. The Labute approximate surface area is 151 Å². The van der Waals surface area contributed by atoms with Crippen LogP contribution in [0.5, 0.6) is 5.75 Å². The Balaban J connectivity index is 1.87. The highest BCUT2D eigenvalue weighted by Gasteiger charge is 2.43. The number of aromatic nitrogens is 2. The van der Waals surface area contributed by atoms with Crippen LogP contribution in [0.3, 0.4) is 0 Å². The first-order valence-corrected chi connectivity index (χ1v) is 8.60. The van der Waals surface area contributed by atoms with Crippen molar-refractivity contribution in [3.63, 3.8) is 0 Å². The van der Waals surface area contributed by atoms with Gasteiger partial charge in [0.15, 0.2) is 5.69 Å². The predicted octanol–water partition coefficient (Wildman–Crippen LogP) is 2.74. The maximum atomic E-state index is 13.0. The van der Waals surface area contributed by atoms with Gasteiger partial charge in [-0.1, -0.05) is 0 Å². The van der Waals surface area contributed by atoms with E-state index in [9.17, 15) is 9.59 Å². The summed E-state index contributed by atoms with van der Waals surface area (Å²) in [5.41, 5.74) is 1.61. The molecule has 0 bridgehead atoms. The zero-order valence-electron chi connectivity index (χ0n) is 15.3. The van der Waals surface area contributed by atoms with Crippen molar-refractivity contribution in [2.75, 3.05) is 13.7 Å². The minimum absolute atomic E-state index is 0.0611. The number of esters is 1. The third kappa shape index (κ3) is 2.46. The van der Waals surface area contributed by atoms with Crippen molar-refractivity contribution in [1.82, 2.24) is 14.5 Å². The van der Waals surface area contributed by atoms with E-state index in [2.05, 4.69) is 4.98 Å². The fourth-order valence-corrected chi connectivity index (χ4v) is 3.44. The van der Waals surface area contributed by atoms with Crippen LogP contribution in [0.4, 0.5) is 0 Å². The van der Waals surface area contributed by atoms with E-state index < -0.39 is 11.6 Å². The summed E-state index contributed by atoms with van der Waals surface area (Å²) in [7, 11) is 1.57. The molecule has 0 unspecified atom stereocenters. The molecule has 0 aliphatic carbocycles. The van der Waals surface area contributed by atoms with Gasteiger partial charge in [0.2, 0.25) is 0 Å². The number of carbonyl (C=O) groups is 2. The molecule has 0 N–H and O–H groups in total. The summed E-state index contributed by atoms with van der Waals surface area (Å²) in [5, 5.41) is 0. The van der Waals surface area contributed by atoms with Gasteiger partial charge < -0.3 is 14.4 Å². The summed E-state index contributed by atoms with van der Waals surface area (Å²) in [6.07, 6.45) is 2.38. The fourth-order valence-electron chi connectivity index (χ4n) is 3.44. The second-order valence-corrected chi connectivity index (χ2v) is 7.54. The summed E-state index contributed by atoms with van der Waals surface area (Å²) in [4.78, 5) is 31.7. The van der Waals surface area contributed by atoms with Crippen molar-refractivity contribution in [1.29, 1.82) is 0 Å². The van der Waals surface area contributed by atoms with Crippen LogP contribution in [0.1, 0.15) is 59.8 Å². The Morgan fingerprint density at radius 2 is 2.08 bits per heavy atom. The Bertz CT molecular complexity index is 910. The van der Waals surface area contributed by atoms with E-state index in [0.29, 0.717) is 29.2 Å². The third-order valence-electron chi connectivity index (χ3n) is 4.69. The molecule has 1 fully saturated rings. The van der Waals surface area contributed by atoms with Crippen LogP contribution in [0.2, 0.25) is 0 Å². The highest BCUT2D eigenvalue weighted by atomic mass is 16.6. The molecule has 1 atom stereocenters. The molecule has 0 radical (unpaired) electrons. The van der Waals surface area contributed by atoms with Gasteiger partial charge in [0.25, 0.3) is 5.91 Å². The molecule has 1 aromatic carbocycles. The zero-order valence-corrected chi connectivity index (χ0v) is 15.3. The van der Waals surface area contributed by atoms with E-state index in [1.165, 1.54) is 0 Å². The molecule has 0 saturated carbocycles. The maximum Gasteiger partial charge on any atom is 0.359 e. The van der Waals surface area contributed by atoms with Crippen LogP contribution in [-0.2, 0) is 4.74 Å². The van der Waals surface area contributed by atoms with E-state index in [4.69, 9.17) is 9.47 Å². The second kappa shape index (κ2) is 5.59. The van der Waals surface area contributed by atoms with Gasteiger partial charge in [-0.15, -0.1) is 0 Å². The van der Waals surface area contributed by atoms with Gasteiger partial charge in [-0.2, -0.15) is 0 Å². The van der Waals surface area contributed by atoms with Gasteiger partial charge in [-0.05, 0) is 45.4 Å². The number of hydrogen-bond acceptors (Lipinski definition) is 5. The van der Waals surface area contributed by atoms with Gasteiger partial charge in [0, 0.05) is 6.54 Å². The number of amides is 1. The number of fused-ring (bicyclic) bond motifs is 5. The Morgan fingerprint density at radius 3 is 2.69 bits per heavy atom. The van der Waals surface area contributed by atoms with Crippen LogP contribution in [0, 0.1) is 0 Å². The number of carbonyl (C=O) groups excluding carboxylic acids is 2. The molecule has 2 aliphatic heterocycles. The molecule has 2 aromatic rings. The van der Waals surface area contributed by atoms with E-state index >= 15 is 0 Å². The molecular weight excluding hydrogens is 334 g/mol. The molecule has 7 heteroatoms. The molecule has 1 aromatic heterocycles. The molecule has 136 valence electrons. The summed E-state index contributed by atoms with van der Waals surface area (Å²) in [6, 6.07) is 5.18. The van der Waals surface area contributed by atoms with Crippen molar-refractivity contribution < 1.29 is 19.1 Å². The quantitative estimate of drug-likeness (QED) is 0.775. The van der Waals surface area contributed by atoms with E-state index in [-0.39, 0.29) is 17.6 Å². The SMILES string of the molecule is COc1ccc2c(c1)C(=O)N1CC[C@H]1c1c(C(=O)OC(C)(C)C)ncn1-2. The van der Waals surface area contributed by atoms with E-state index in [1.807, 2.05) is 31.4 Å². The normalized spacial score (nSPS) is 18.2. The highest BCUT2D eigenvalue weighted by Crippen LogP contribution is 2.41. The maximum absolute atomic E-state index is 13.0. The predicted molar refractivity (Wildman–Crippen MR) is 93.7 cm³/mol. The van der Waals surface area contributed by atoms with Gasteiger partial charge in [-0.25, -0.2) is 9.78 Å². The van der Waals surface area contributed by atoms with Crippen molar-refractivity contribution in [2.24, 2.45) is 0 Å².